The molecular weight excluding hydrogens is 286 g/mol. The first kappa shape index (κ1) is 15.8. The van der Waals surface area contributed by atoms with E-state index in [0.717, 1.165) is 25.1 Å². The molecule has 1 aromatic heterocycles. The lowest BCUT2D eigenvalue weighted by atomic mass is 9.96. The monoisotopic (exact) mass is 311 g/mol. The second-order valence-electron chi connectivity index (χ2n) is 6.73. The number of carbonyl (C=O) groups is 1. The summed E-state index contributed by atoms with van der Waals surface area (Å²) in [7, 11) is 1.97. The van der Waals surface area contributed by atoms with Gasteiger partial charge in [-0.05, 0) is 32.3 Å². The van der Waals surface area contributed by atoms with Gasteiger partial charge in [-0.15, -0.1) is 0 Å². The van der Waals surface area contributed by atoms with Gasteiger partial charge in [-0.3, -0.25) is 4.79 Å². The van der Waals surface area contributed by atoms with E-state index in [1.807, 2.05) is 17.8 Å². The Balaban J connectivity index is 1.60. The third kappa shape index (κ3) is 3.46. The normalized spacial score (nSPS) is 20.9. The van der Waals surface area contributed by atoms with Crippen LogP contribution >= 0.6 is 0 Å². The molecule has 0 radical (unpaired) electrons. The third-order valence-corrected chi connectivity index (χ3v) is 4.96. The molecule has 0 spiro atoms. The smallest absolute Gasteiger partial charge is 0.223 e. The van der Waals surface area contributed by atoms with E-state index in [9.17, 15) is 4.79 Å². The number of hydrogen-bond donors (Lipinski definition) is 0. The molecule has 4 heteroatoms. The van der Waals surface area contributed by atoms with Gasteiger partial charge >= 0.3 is 0 Å². The van der Waals surface area contributed by atoms with E-state index < -0.39 is 0 Å². The van der Waals surface area contributed by atoms with Crippen LogP contribution in [0, 0.1) is 6.92 Å². The zero-order chi connectivity index (χ0) is 16.4. The molecule has 2 heterocycles. The second-order valence-corrected chi connectivity index (χ2v) is 6.73. The van der Waals surface area contributed by atoms with Crippen molar-refractivity contribution in [2.24, 2.45) is 7.05 Å². The summed E-state index contributed by atoms with van der Waals surface area (Å²) in [4.78, 5) is 18.8. The number of aromatic nitrogens is 2. The summed E-state index contributed by atoms with van der Waals surface area (Å²) < 4.78 is 1.98. The highest BCUT2D eigenvalue weighted by Crippen LogP contribution is 2.32. The summed E-state index contributed by atoms with van der Waals surface area (Å²) in [5.74, 6) is 0.722. The number of benzene rings is 1. The molecule has 0 bridgehead atoms. The molecule has 122 valence electrons. The van der Waals surface area contributed by atoms with Crippen molar-refractivity contribution < 1.29 is 4.79 Å². The fraction of sp³-hybridized carbons (Fsp3) is 0.474. The summed E-state index contributed by atoms with van der Waals surface area (Å²) >= 11 is 0. The van der Waals surface area contributed by atoms with Gasteiger partial charge in [-0.1, -0.05) is 29.8 Å². The molecule has 1 aliphatic rings. The van der Waals surface area contributed by atoms with E-state index in [1.54, 1.807) is 6.33 Å². The first-order valence-corrected chi connectivity index (χ1v) is 8.36. The van der Waals surface area contributed by atoms with Crippen molar-refractivity contribution in [2.45, 2.75) is 45.1 Å². The van der Waals surface area contributed by atoms with Crippen LogP contribution in [-0.4, -0.2) is 32.9 Å². The first-order valence-electron chi connectivity index (χ1n) is 8.36. The Hall–Kier alpha value is -2.10. The highest BCUT2D eigenvalue weighted by molar-refractivity contribution is 5.77. The molecule has 1 amide bonds. The maximum absolute atomic E-state index is 12.6. The summed E-state index contributed by atoms with van der Waals surface area (Å²) in [5.41, 5.74) is 3.74. The van der Waals surface area contributed by atoms with E-state index in [-0.39, 0.29) is 5.91 Å². The van der Waals surface area contributed by atoms with Crippen molar-refractivity contribution in [2.75, 3.05) is 6.54 Å². The average molecular weight is 311 g/mol. The molecule has 2 unspecified atom stereocenters. The first-order chi connectivity index (χ1) is 11.0. The molecule has 23 heavy (non-hydrogen) atoms. The molecule has 4 nitrogen and oxygen atoms in total. The zero-order valence-corrected chi connectivity index (χ0v) is 14.2. The van der Waals surface area contributed by atoms with Crippen LogP contribution in [0.15, 0.2) is 36.8 Å². The maximum Gasteiger partial charge on any atom is 0.223 e. The predicted octanol–water partition coefficient (Wildman–Crippen LogP) is 3.07. The van der Waals surface area contributed by atoms with Crippen molar-refractivity contribution in [3.05, 3.63) is 53.6 Å². The number of imidazole rings is 1. The van der Waals surface area contributed by atoms with Crippen LogP contribution < -0.4 is 0 Å². The van der Waals surface area contributed by atoms with Crippen LogP contribution in [0.4, 0.5) is 0 Å². The molecule has 3 rings (SSSR count). The van der Waals surface area contributed by atoms with E-state index in [0.29, 0.717) is 18.4 Å². The molecule has 0 N–H and O–H groups in total. The lowest BCUT2D eigenvalue weighted by molar-refractivity contribution is -0.131. The highest BCUT2D eigenvalue weighted by Gasteiger charge is 2.32. The second kappa shape index (κ2) is 6.57. The standard InChI is InChI=1S/C19H25N3O/c1-14-4-6-16(7-5-14)17-10-15(2)22(12-17)19(23)9-8-18-11-20-13-21(18)3/h4-7,11,13,15,17H,8-10,12H2,1-3H3. The fourth-order valence-electron chi connectivity index (χ4n) is 3.46. The van der Waals surface area contributed by atoms with Crippen LogP contribution in [0.2, 0.25) is 0 Å². The summed E-state index contributed by atoms with van der Waals surface area (Å²) in [6.07, 6.45) is 6.00. The van der Waals surface area contributed by atoms with Crippen molar-refractivity contribution in [1.29, 1.82) is 0 Å². The lowest BCUT2D eigenvalue weighted by Crippen LogP contribution is -2.34. The van der Waals surface area contributed by atoms with Gasteiger partial charge in [0.1, 0.15) is 0 Å². The molecule has 1 saturated heterocycles. The number of nitrogens with zero attached hydrogens (tertiary/aromatic N) is 3. The van der Waals surface area contributed by atoms with Crippen LogP contribution in [0.3, 0.4) is 0 Å². The van der Waals surface area contributed by atoms with E-state index in [1.165, 1.54) is 11.1 Å². The highest BCUT2D eigenvalue weighted by atomic mass is 16.2. The Morgan fingerprint density at radius 2 is 2.04 bits per heavy atom. The molecular formula is C19H25N3O. The summed E-state index contributed by atoms with van der Waals surface area (Å²) in [6, 6.07) is 9.05. The van der Waals surface area contributed by atoms with Gasteiger partial charge in [0.15, 0.2) is 0 Å². The van der Waals surface area contributed by atoms with Crippen molar-refractivity contribution in [3.8, 4) is 0 Å². The van der Waals surface area contributed by atoms with E-state index in [4.69, 9.17) is 0 Å². The minimum absolute atomic E-state index is 0.258. The topological polar surface area (TPSA) is 38.1 Å². The van der Waals surface area contributed by atoms with Gasteiger partial charge in [0, 0.05) is 43.9 Å². The minimum Gasteiger partial charge on any atom is -0.339 e. The molecule has 0 aliphatic carbocycles. The predicted molar refractivity (Wildman–Crippen MR) is 91.2 cm³/mol. The minimum atomic E-state index is 0.258. The van der Waals surface area contributed by atoms with Crippen LogP contribution in [0.5, 0.6) is 0 Å². The zero-order valence-electron chi connectivity index (χ0n) is 14.2. The largest absolute Gasteiger partial charge is 0.339 e. The number of carbonyl (C=O) groups excluding carboxylic acids is 1. The summed E-state index contributed by atoms with van der Waals surface area (Å²) in [6.45, 7) is 5.11. The number of hydrogen-bond acceptors (Lipinski definition) is 2. The molecule has 1 fully saturated rings. The number of amides is 1. The Kier molecular flexibility index (Phi) is 4.51. The van der Waals surface area contributed by atoms with Gasteiger partial charge in [-0.25, -0.2) is 4.98 Å². The van der Waals surface area contributed by atoms with Gasteiger partial charge < -0.3 is 9.47 Å². The quantitative estimate of drug-likeness (QED) is 0.870. The Morgan fingerprint density at radius 3 is 2.70 bits per heavy atom. The lowest BCUT2D eigenvalue weighted by Gasteiger charge is -2.21. The van der Waals surface area contributed by atoms with Gasteiger partial charge in [0.25, 0.3) is 0 Å². The van der Waals surface area contributed by atoms with E-state index >= 15 is 0 Å². The van der Waals surface area contributed by atoms with Crippen molar-refractivity contribution in [1.82, 2.24) is 14.5 Å². The van der Waals surface area contributed by atoms with Crippen LogP contribution in [-0.2, 0) is 18.3 Å². The molecule has 1 aliphatic heterocycles. The molecule has 0 saturated carbocycles. The van der Waals surface area contributed by atoms with Crippen molar-refractivity contribution >= 4 is 5.91 Å². The molecule has 1 aromatic carbocycles. The van der Waals surface area contributed by atoms with E-state index in [2.05, 4.69) is 48.0 Å². The number of rotatable bonds is 4. The number of aryl methyl sites for hydroxylation is 3. The Labute approximate surface area is 138 Å². The Morgan fingerprint density at radius 1 is 1.30 bits per heavy atom. The van der Waals surface area contributed by atoms with Crippen LogP contribution in [0.1, 0.15) is 42.5 Å². The van der Waals surface area contributed by atoms with Gasteiger partial charge in [0.2, 0.25) is 5.91 Å². The summed E-state index contributed by atoms with van der Waals surface area (Å²) in [5, 5.41) is 0. The SMILES string of the molecule is Cc1ccc(C2CC(C)N(C(=O)CCc3cncn3C)C2)cc1. The Bertz CT molecular complexity index is 674. The molecule has 2 aromatic rings. The number of likely N-dealkylation sites (tertiary alicyclic amines) is 1. The molecule has 2 atom stereocenters. The maximum atomic E-state index is 12.6. The van der Waals surface area contributed by atoms with Crippen molar-refractivity contribution in [3.63, 3.8) is 0 Å². The fourth-order valence-corrected chi connectivity index (χ4v) is 3.46. The van der Waals surface area contributed by atoms with Gasteiger partial charge in [0.05, 0.1) is 6.33 Å². The van der Waals surface area contributed by atoms with Crippen LogP contribution in [0.25, 0.3) is 0 Å². The third-order valence-electron chi connectivity index (χ3n) is 4.96. The van der Waals surface area contributed by atoms with Gasteiger partial charge in [-0.2, -0.15) is 0 Å². The average Bonchev–Trinajstić information content (AvgIpc) is 3.11.